The second-order valence-corrected chi connectivity index (χ2v) is 4.39. The third kappa shape index (κ3) is 2.45. The van der Waals surface area contributed by atoms with E-state index in [9.17, 15) is 5.11 Å². The molecule has 0 spiro atoms. The minimum Gasteiger partial charge on any atom is -0.508 e. The lowest BCUT2D eigenvalue weighted by atomic mass is 9.96. The number of nitrogens with two attached hydrogens (primary N) is 1. The number of rotatable bonds is 2. The molecular weight excluding hydrogens is 230 g/mol. The maximum Gasteiger partial charge on any atom is 0.120 e. The monoisotopic (exact) mass is 243 g/mol. The highest BCUT2D eigenvalue weighted by Gasteiger charge is 2.14. The number of aromatic hydroxyl groups is 1. The minimum atomic E-state index is -0.113. The van der Waals surface area contributed by atoms with Gasteiger partial charge in [-0.2, -0.15) is 0 Å². The number of phenolic OH excluding ortho intramolecular Hbond substituents is 1. The zero-order valence-electron chi connectivity index (χ0n) is 7.79. The van der Waals surface area contributed by atoms with Crippen LogP contribution in [0.25, 0.3) is 0 Å². The normalized spacial score (nSPS) is 13.3. The smallest absolute Gasteiger partial charge is 0.120 e. The molecule has 3 heteroatoms. The molecule has 0 heterocycles. The maximum absolute atomic E-state index is 9.55. The number of halogens is 1. The molecule has 1 aromatic carbocycles. The first-order valence-electron chi connectivity index (χ1n) is 4.26. The van der Waals surface area contributed by atoms with Crippen LogP contribution in [0.4, 0.5) is 0 Å². The van der Waals surface area contributed by atoms with Crippen LogP contribution < -0.4 is 5.73 Å². The van der Waals surface area contributed by atoms with E-state index in [0.29, 0.717) is 5.92 Å². The molecule has 0 aliphatic heterocycles. The van der Waals surface area contributed by atoms with Crippen LogP contribution in [0.3, 0.4) is 0 Å². The SMILES string of the molecule is CC(C)C(N)c1cc(Br)ccc1O. The number of hydrogen-bond acceptors (Lipinski definition) is 2. The third-order valence-electron chi connectivity index (χ3n) is 2.07. The van der Waals surface area contributed by atoms with Crippen LogP contribution >= 0.6 is 15.9 Å². The standard InChI is InChI=1S/C10H14BrNO/c1-6(2)10(12)8-5-7(11)3-4-9(8)13/h3-6,10,13H,12H2,1-2H3. The van der Waals surface area contributed by atoms with Crippen molar-refractivity contribution in [2.24, 2.45) is 11.7 Å². The van der Waals surface area contributed by atoms with E-state index in [1.807, 2.05) is 19.9 Å². The van der Waals surface area contributed by atoms with Crippen LogP contribution in [0.15, 0.2) is 22.7 Å². The van der Waals surface area contributed by atoms with E-state index in [1.165, 1.54) is 0 Å². The molecule has 0 saturated heterocycles. The Kier molecular flexibility index (Phi) is 3.33. The summed E-state index contributed by atoms with van der Waals surface area (Å²) in [5, 5.41) is 9.55. The van der Waals surface area contributed by atoms with Crippen molar-refractivity contribution in [1.29, 1.82) is 0 Å². The summed E-state index contributed by atoms with van der Waals surface area (Å²) < 4.78 is 0.941. The number of hydrogen-bond donors (Lipinski definition) is 2. The summed E-state index contributed by atoms with van der Waals surface area (Å²) >= 11 is 3.35. The van der Waals surface area contributed by atoms with E-state index >= 15 is 0 Å². The molecule has 1 rings (SSSR count). The van der Waals surface area contributed by atoms with Crippen LogP contribution in [0.2, 0.25) is 0 Å². The Labute approximate surface area is 86.9 Å². The molecule has 2 nitrogen and oxygen atoms in total. The molecule has 3 N–H and O–H groups in total. The lowest BCUT2D eigenvalue weighted by molar-refractivity contribution is 0.440. The van der Waals surface area contributed by atoms with Crippen LogP contribution in [-0.4, -0.2) is 5.11 Å². The summed E-state index contributed by atoms with van der Waals surface area (Å²) in [6, 6.07) is 5.20. The van der Waals surface area contributed by atoms with Gasteiger partial charge in [0.2, 0.25) is 0 Å². The zero-order chi connectivity index (χ0) is 10.0. The van der Waals surface area contributed by atoms with Gasteiger partial charge in [0, 0.05) is 16.1 Å². The Morgan fingerprint density at radius 2 is 2.00 bits per heavy atom. The zero-order valence-corrected chi connectivity index (χ0v) is 9.38. The Balaban J connectivity index is 3.05. The first kappa shape index (κ1) is 10.5. The Hall–Kier alpha value is -0.540. The molecule has 1 atom stereocenters. The predicted molar refractivity (Wildman–Crippen MR) is 57.6 cm³/mol. The quantitative estimate of drug-likeness (QED) is 0.840. The number of benzene rings is 1. The second kappa shape index (κ2) is 4.11. The molecule has 0 radical (unpaired) electrons. The molecule has 13 heavy (non-hydrogen) atoms. The molecule has 1 aromatic rings. The minimum absolute atomic E-state index is 0.113. The van der Waals surface area contributed by atoms with Crippen molar-refractivity contribution in [2.75, 3.05) is 0 Å². The Morgan fingerprint density at radius 3 is 2.54 bits per heavy atom. The van der Waals surface area contributed by atoms with Crippen LogP contribution in [0.1, 0.15) is 25.5 Å². The van der Waals surface area contributed by atoms with E-state index in [4.69, 9.17) is 5.73 Å². The van der Waals surface area contributed by atoms with Gasteiger partial charge in [-0.1, -0.05) is 29.8 Å². The fourth-order valence-electron chi connectivity index (χ4n) is 1.15. The second-order valence-electron chi connectivity index (χ2n) is 3.47. The first-order valence-corrected chi connectivity index (χ1v) is 5.05. The van der Waals surface area contributed by atoms with Crippen molar-refractivity contribution in [3.8, 4) is 5.75 Å². The first-order chi connectivity index (χ1) is 6.02. The fraction of sp³-hybridized carbons (Fsp3) is 0.400. The maximum atomic E-state index is 9.55. The van der Waals surface area contributed by atoms with Gasteiger partial charge in [-0.05, 0) is 24.1 Å². The van der Waals surface area contributed by atoms with Crippen molar-refractivity contribution in [1.82, 2.24) is 0 Å². The van der Waals surface area contributed by atoms with Crippen molar-refractivity contribution in [3.05, 3.63) is 28.2 Å². The molecule has 0 aliphatic carbocycles. The highest BCUT2D eigenvalue weighted by atomic mass is 79.9. The highest BCUT2D eigenvalue weighted by Crippen LogP contribution is 2.29. The van der Waals surface area contributed by atoms with Gasteiger partial charge in [0.25, 0.3) is 0 Å². The van der Waals surface area contributed by atoms with Gasteiger partial charge in [-0.3, -0.25) is 0 Å². The van der Waals surface area contributed by atoms with E-state index < -0.39 is 0 Å². The molecule has 0 amide bonds. The molecule has 0 aliphatic rings. The molecular formula is C10H14BrNO. The third-order valence-corrected chi connectivity index (χ3v) is 2.56. The summed E-state index contributed by atoms with van der Waals surface area (Å²) in [5.74, 6) is 0.588. The molecule has 1 unspecified atom stereocenters. The molecule has 72 valence electrons. The topological polar surface area (TPSA) is 46.2 Å². The summed E-state index contributed by atoms with van der Waals surface area (Å²) in [4.78, 5) is 0. The van der Waals surface area contributed by atoms with E-state index in [-0.39, 0.29) is 11.8 Å². The molecule has 0 fully saturated rings. The van der Waals surface area contributed by atoms with Gasteiger partial charge >= 0.3 is 0 Å². The van der Waals surface area contributed by atoms with Crippen molar-refractivity contribution in [3.63, 3.8) is 0 Å². The van der Waals surface area contributed by atoms with Crippen LogP contribution in [0.5, 0.6) is 5.75 Å². The van der Waals surface area contributed by atoms with Crippen molar-refractivity contribution < 1.29 is 5.11 Å². The molecule has 0 saturated carbocycles. The van der Waals surface area contributed by atoms with E-state index in [2.05, 4.69) is 15.9 Å². The predicted octanol–water partition coefficient (Wildman–Crippen LogP) is 2.81. The summed E-state index contributed by atoms with van der Waals surface area (Å²) in [7, 11) is 0. The average Bonchev–Trinajstić information content (AvgIpc) is 2.08. The molecule has 0 bridgehead atoms. The largest absolute Gasteiger partial charge is 0.508 e. The van der Waals surface area contributed by atoms with Crippen LogP contribution in [-0.2, 0) is 0 Å². The van der Waals surface area contributed by atoms with E-state index in [0.717, 1.165) is 10.0 Å². The highest BCUT2D eigenvalue weighted by molar-refractivity contribution is 9.10. The van der Waals surface area contributed by atoms with Crippen LogP contribution in [0, 0.1) is 5.92 Å². The van der Waals surface area contributed by atoms with Gasteiger partial charge < -0.3 is 10.8 Å². The summed E-state index contributed by atoms with van der Waals surface area (Å²) in [6.45, 7) is 4.07. The van der Waals surface area contributed by atoms with Crippen molar-refractivity contribution in [2.45, 2.75) is 19.9 Å². The van der Waals surface area contributed by atoms with E-state index in [1.54, 1.807) is 12.1 Å². The average molecular weight is 244 g/mol. The van der Waals surface area contributed by atoms with Gasteiger partial charge in [0.15, 0.2) is 0 Å². The summed E-state index contributed by atoms with van der Waals surface area (Å²) in [5.41, 5.74) is 6.72. The van der Waals surface area contributed by atoms with Gasteiger partial charge in [-0.25, -0.2) is 0 Å². The Morgan fingerprint density at radius 1 is 1.38 bits per heavy atom. The lowest BCUT2D eigenvalue weighted by Crippen LogP contribution is -2.16. The molecule has 0 aromatic heterocycles. The van der Waals surface area contributed by atoms with Gasteiger partial charge in [0.1, 0.15) is 5.75 Å². The van der Waals surface area contributed by atoms with Gasteiger partial charge in [-0.15, -0.1) is 0 Å². The van der Waals surface area contributed by atoms with Gasteiger partial charge in [0.05, 0.1) is 0 Å². The summed E-state index contributed by atoms with van der Waals surface area (Å²) in [6.07, 6.45) is 0. The Bertz CT molecular complexity index is 299. The van der Waals surface area contributed by atoms with Crippen molar-refractivity contribution >= 4 is 15.9 Å². The fourth-order valence-corrected chi connectivity index (χ4v) is 1.53. The lowest BCUT2D eigenvalue weighted by Gasteiger charge is -2.17. The number of phenols is 1.